The Bertz CT molecular complexity index is 1510. The molecule has 158 valence electrons. The summed E-state index contributed by atoms with van der Waals surface area (Å²) in [6, 6.07) is 22.1. The van der Waals surface area contributed by atoms with Gasteiger partial charge in [-0.05, 0) is 41.8 Å². The van der Waals surface area contributed by atoms with Crippen molar-refractivity contribution in [2.24, 2.45) is 0 Å². The fourth-order valence-electron chi connectivity index (χ4n) is 3.20. The number of aromatic carboxylic acids is 1. The summed E-state index contributed by atoms with van der Waals surface area (Å²) in [6.45, 7) is 0. The number of para-hydroxylation sites is 1. The molecule has 7 heteroatoms. The number of hydrogen-bond acceptors (Lipinski definition) is 3. The van der Waals surface area contributed by atoms with Gasteiger partial charge in [0.25, 0.3) is 10.0 Å². The van der Waals surface area contributed by atoms with Crippen LogP contribution in [0.1, 0.15) is 21.5 Å². The molecule has 5 nitrogen and oxygen atoms in total. The topological polar surface area (TPSA) is 83.5 Å². The molecule has 4 rings (SSSR count). The van der Waals surface area contributed by atoms with Gasteiger partial charge in [0.2, 0.25) is 0 Å². The number of benzene rings is 4. The molecule has 0 fully saturated rings. The van der Waals surface area contributed by atoms with Crippen molar-refractivity contribution in [2.45, 2.75) is 4.90 Å². The second-order valence-electron chi connectivity index (χ2n) is 6.88. The van der Waals surface area contributed by atoms with E-state index in [0.717, 1.165) is 11.5 Å². The van der Waals surface area contributed by atoms with Gasteiger partial charge in [-0.15, -0.1) is 0 Å². The van der Waals surface area contributed by atoms with Crippen LogP contribution in [0, 0.1) is 17.7 Å². The van der Waals surface area contributed by atoms with Crippen LogP contribution in [0.5, 0.6) is 0 Å². The van der Waals surface area contributed by atoms with Crippen LogP contribution in [0.3, 0.4) is 0 Å². The number of fused-ring (bicyclic) bond motifs is 1. The number of hydrogen-bond donors (Lipinski definition) is 2. The number of rotatable bonds is 4. The summed E-state index contributed by atoms with van der Waals surface area (Å²) in [5, 5.41) is 10.3. The van der Waals surface area contributed by atoms with Crippen LogP contribution in [-0.2, 0) is 10.0 Å². The van der Waals surface area contributed by atoms with Crippen molar-refractivity contribution in [3.05, 3.63) is 107 Å². The molecule has 0 unspecified atom stereocenters. The summed E-state index contributed by atoms with van der Waals surface area (Å²) in [5.41, 5.74) is 0.409. The van der Waals surface area contributed by atoms with E-state index in [1.165, 1.54) is 18.2 Å². The molecule has 0 amide bonds. The number of carbonyl (C=O) groups is 1. The fourth-order valence-corrected chi connectivity index (χ4v) is 4.51. The molecule has 0 atom stereocenters. The molecule has 0 aliphatic carbocycles. The Balaban J connectivity index is 1.70. The Hall–Kier alpha value is -4.15. The quantitative estimate of drug-likeness (QED) is 0.439. The summed E-state index contributed by atoms with van der Waals surface area (Å²) in [6.07, 6.45) is 0. The number of anilines is 1. The molecule has 0 saturated carbocycles. The highest BCUT2D eigenvalue weighted by Crippen LogP contribution is 2.26. The Labute approximate surface area is 184 Å². The average molecular weight is 445 g/mol. The van der Waals surface area contributed by atoms with Crippen LogP contribution in [-0.4, -0.2) is 19.5 Å². The van der Waals surface area contributed by atoms with Gasteiger partial charge in [0.15, 0.2) is 0 Å². The monoisotopic (exact) mass is 445 g/mol. The smallest absolute Gasteiger partial charge is 0.335 e. The van der Waals surface area contributed by atoms with Gasteiger partial charge in [-0.3, -0.25) is 4.72 Å². The summed E-state index contributed by atoms with van der Waals surface area (Å²) in [4.78, 5) is 11.1. The largest absolute Gasteiger partial charge is 0.478 e. The SMILES string of the molecule is O=C(O)c1ccc(C#Cc2ccccc2NS(=O)(=O)c2cccc3ccccc23)c(F)c1. The van der Waals surface area contributed by atoms with Crippen molar-refractivity contribution in [1.29, 1.82) is 0 Å². The molecule has 0 bridgehead atoms. The third kappa shape index (κ3) is 4.31. The second kappa shape index (κ2) is 8.53. The standard InChI is InChI=1S/C25H16FNO4S/c26-22-16-20(25(28)29)15-13-18(22)12-14-19-7-2-4-10-23(19)27-32(30,31)24-11-5-8-17-6-1-3-9-21(17)24/h1-11,13,15-16,27H,(H,28,29). The number of halogens is 1. The normalized spacial score (nSPS) is 10.9. The van der Waals surface area contributed by atoms with Crippen molar-refractivity contribution in [1.82, 2.24) is 0 Å². The zero-order valence-corrected chi connectivity index (χ0v) is 17.4. The lowest BCUT2D eigenvalue weighted by Gasteiger charge is -2.12. The minimum Gasteiger partial charge on any atom is -0.478 e. The van der Waals surface area contributed by atoms with Gasteiger partial charge in [0.1, 0.15) is 5.82 Å². The fraction of sp³-hybridized carbons (Fsp3) is 0. The molecule has 0 saturated heterocycles. The lowest BCUT2D eigenvalue weighted by molar-refractivity contribution is 0.0696. The highest BCUT2D eigenvalue weighted by molar-refractivity contribution is 7.93. The van der Waals surface area contributed by atoms with E-state index < -0.39 is 21.8 Å². The molecule has 0 aromatic heterocycles. The van der Waals surface area contributed by atoms with Gasteiger partial charge in [-0.1, -0.05) is 60.4 Å². The highest BCUT2D eigenvalue weighted by atomic mass is 32.2. The molecule has 2 N–H and O–H groups in total. The molecule has 4 aromatic carbocycles. The van der Waals surface area contributed by atoms with E-state index in [2.05, 4.69) is 16.6 Å². The first-order valence-electron chi connectivity index (χ1n) is 9.50. The van der Waals surface area contributed by atoms with Crippen molar-refractivity contribution in [3.8, 4) is 11.8 Å². The Morgan fingerprint density at radius 1 is 0.844 bits per heavy atom. The molecule has 32 heavy (non-hydrogen) atoms. The Morgan fingerprint density at radius 3 is 2.31 bits per heavy atom. The molecule has 0 heterocycles. The summed E-state index contributed by atoms with van der Waals surface area (Å²) in [5.74, 6) is 3.39. The Kier molecular flexibility index (Phi) is 5.63. The molecular formula is C25H16FNO4S. The van der Waals surface area contributed by atoms with E-state index >= 15 is 0 Å². The molecule has 0 radical (unpaired) electrons. The molecule has 0 spiro atoms. The van der Waals surface area contributed by atoms with Crippen LogP contribution in [0.25, 0.3) is 10.8 Å². The number of nitrogens with one attached hydrogen (secondary N) is 1. The maximum atomic E-state index is 14.2. The van der Waals surface area contributed by atoms with Crippen LogP contribution in [0.2, 0.25) is 0 Å². The third-order valence-electron chi connectivity index (χ3n) is 4.76. The number of carboxylic acid groups (broad SMARTS) is 1. The second-order valence-corrected chi connectivity index (χ2v) is 8.53. The van der Waals surface area contributed by atoms with E-state index in [1.807, 2.05) is 18.2 Å². The first-order valence-corrected chi connectivity index (χ1v) is 11.0. The number of carboxylic acids is 1. The van der Waals surface area contributed by atoms with E-state index in [4.69, 9.17) is 5.11 Å². The highest BCUT2D eigenvalue weighted by Gasteiger charge is 2.18. The molecule has 4 aromatic rings. The molecular weight excluding hydrogens is 429 g/mol. The van der Waals surface area contributed by atoms with E-state index in [-0.39, 0.29) is 21.7 Å². The van der Waals surface area contributed by atoms with Gasteiger partial charge in [-0.25, -0.2) is 17.6 Å². The van der Waals surface area contributed by atoms with Crippen LogP contribution in [0.15, 0.2) is 89.8 Å². The van der Waals surface area contributed by atoms with Gasteiger partial charge in [0.05, 0.1) is 21.7 Å². The van der Waals surface area contributed by atoms with Crippen molar-refractivity contribution >= 4 is 32.5 Å². The lowest BCUT2D eigenvalue weighted by atomic mass is 10.1. The minimum absolute atomic E-state index is 0.00159. The lowest BCUT2D eigenvalue weighted by Crippen LogP contribution is -2.14. The zero-order chi connectivity index (χ0) is 22.7. The summed E-state index contributed by atoms with van der Waals surface area (Å²) >= 11 is 0. The van der Waals surface area contributed by atoms with Crippen molar-refractivity contribution in [3.63, 3.8) is 0 Å². The zero-order valence-electron chi connectivity index (χ0n) is 16.5. The predicted octanol–water partition coefficient (Wildman–Crippen LogP) is 4.88. The number of sulfonamides is 1. The van der Waals surface area contributed by atoms with E-state index in [1.54, 1.807) is 42.5 Å². The van der Waals surface area contributed by atoms with Gasteiger partial charge >= 0.3 is 5.97 Å². The van der Waals surface area contributed by atoms with E-state index in [9.17, 15) is 17.6 Å². The Morgan fingerprint density at radius 2 is 1.53 bits per heavy atom. The minimum atomic E-state index is -3.93. The third-order valence-corrected chi connectivity index (χ3v) is 6.18. The van der Waals surface area contributed by atoms with Crippen LogP contribution < -0.4 is 4.72 Å². The predicted molar refractivity (Wildman–Crippen MR) is 121 cm³/mol. The van der Waals surface area contributed by atoms with Gasteiger partial charge < -0.3 is 5.11 Å². The maximum absolute atomic E-state index is 14.2. The van der Waals surface area contributed by atoms with Crippen LogP contribution in [0.4, 0.5) is 10.1 Å². The van der Waals surface area contributed by atoms with Gasteiger partial charge in [-0.2, -0.15) is 0 Å². The molecule has 0 aliphatic heterocycles. The van der Waals surface area contributed by atoms with Crippen LogP contribution >= 0.6 is 0 Å². The first kappa shape index (κ1) is 21.1. The first-order chi connectivity index (χ1) is 15.3. The maximum Gasteiger partial charge on any atom is 0.335 e. The van der Waals surface area contributed by atoms with E-state index in [0.29, 0.717) is 10.9 Å². The van der Waals surface area contributed by atoms with Crippen molar-refractivity contribution in [2.75, 3.05) is 4.72 Å². The average Bonchev–Trinajstić information content (AvgIpc) is 2.78. The molecule has 0 aliphatic rings. The van der Waals surface area contributed by atoms with Crippen molar-refractivity contribution < 1.29 is 22.7 Å². The summed E-state index contributed by atoms with van der Waals surface area (Å²) < 4.78 is 43.0. The van der Waals surface area contributed by atoms with Gasteiger partial charge in [0, 0.05) is 10.9 Å². The summed E-state index contributed by atoms with van der Waals surface area (Å²) in [7, 11) is -3.93.